The molecule has 0 spiro atoms. The second-order valence-electron chi connectivity index (χ2n) is 5.87. The van der Waals surface area contributed by atoms with Crippen molar-refractivity contribution in [3.63, 3.8) is 0 Å². The van der Waals surface area contributed by atoms with E-state index in [2.05, 4.69) is 36.1 Å². The molecule has 3 nitrogen and oxygen atoms in total. The van der Waals surface area contributed by atoms with Crippen molar-refractivity contribution < 1.29 is 0 Å². The topological polar surface area (TPSA) is 18.5 Å². The summed E-state index contributed by atoms with van der Waals surface area (Å²) in [6, 6.07) is 2.38. The van der Waals surface area contributed by atoms with Crippen LogP contribution in [-0.4, -0.2) is 61.7 Å². The van der Waals surface area contributed by atoms with Gasteiger partial charge in [0.25, 0.3) is 0 Å². The maximum absolute atomic E-state index is 3.45. The van der Waals surface area contributed by atoms with Crippen LogP contribution in [0.3, 0.4) is 0 Å². The Labute approximate surface area is 107 Å². The Morgan fingerprint density at radius 3 is 2.71 bits per heavy atom. The zero-order chi connectivity index (χ0) is 12.3. The molecule has 1 aliphatic heterocycles. The molecule has 0 aromatic carbocycles. The average Bonchev–Trinajstić information content (AvgIpc) is 2.73. The van der Waals surface area contributed by atoms with Crippen LogP contribution in [-0.2, 0) is 0 Å². The Kier molecular flexibility index (Phi) is 4.83. The minimum Gasteiger partial charge on any atom is -0.317 e. The Morgan fingerprint density at radius 1 is 1.24 bits per heavy atom. The third-order valence-electron chi connectivity index (χ3n) is 4.70. The number of rotatable bonds is 3. The van der Waals surface area contributed by atoms with Gasteiger partial charge in [0, 0.05) is 24.7 Å². The second-order valence-corrected chi connectivity index (χ2v) is 5.87. The van der Waals surface area contributed by atoms with E-state index in [0.29, 0.717) is 0 Å². The van der Waals surface area contributed by atoms with Gasteiger partial charge in [0.05, 0.1) is 0 Å². The molecule has 1 saturated carbocycles. The van der Waals surface area contributed by atoms with Gasteiger partial charge in [0.2, 0.25) is 0 Å². The van der Waals surface area contributed by atoms with Crippen LogP contribution in [0.15, 0.2) is 0 Å². The highest BCUT2D eigenvalue weighted by Crippen LogP contribution is 2.27. The maximum Gasteiger partial charge on any atom is 0.0223 e. The fraction of sp³-hybridized carbons (Fsp3) is 1.00. The summed E-state index contributed by atoms with van der Waals surface area (Å²) in [4.78, 5) is 5.33. The van der Waals surface area contributed by atoms with Crippen molar-refractivity contribution in [1.82, 2.24) is 15.1 Å². The summed E-state index contributed by atoms with van der Waals surface area (Å²) in [6.07, 6.45) is 6.76. The summed E-state index contributed by atoms with van der Waals surface area (Å²) in [5.74, 6) is 0. The standard InChI is InChI=1S/C14H29N3/c1-4-13-11-16(3)8-5-9-17(13)14-7-6-12(10-14)15-2/h12-15H,4-11H2,1-3H3. The van der Waals surface area contributed by atoms with E-state index in [0.717, 1.165) is 18.1 Å². The molecule has 2 fully saturated rings. The van der Waals surface area contributed by atoms with E-state index >= 15 is 0 Å². The minimum absolute atomic E-state index is 0.762. The highest BCUT2D eigenvalue weighted by molar-refractivity contribution is 4.90. The summed E-state index contributed by atoms with van der Waals surface area (Å²) in [7, 11) is 4.39. The molecule has 3 atom stereocenters. The smallest absolute Gasteiger partial charge is 0.0223 e. The first-order valence-electron chi connectivity index (χ1n) is 7.36. The van der Waals surface area contributed by atoms with E-state index in [1.165, 1.54) is 51.7 Å². The van der Waals surface area contributed by atoms with Gasteiger partial charge in [0.1, 0.15) is 0 Å². The molecular formula is C14H29N3. The second kappa shape index (κ2) is 6.17. The molecule has 0 bridgehead atoms. The van der Waals surface area contributed by atoms with Crippen molar-refractivity contribution in [3.05, 3.63) is 0 Å². The van der Waals surface area contributed by atoms with Crippen LogP contribution in [0, 0.1) is 0 Å². The highest BCUT2D eigenvalue weighted by Gasteiger charge is 2.33. The third kappa shape index (κ3) is 3.21. The number of hydrogen-bond donors (Lipinski definition) is 1. The largest absolute Gasteiger partial charge is 0.317 e. The van der Waals surface area contributed by atoms with Crippen molar-refractivity contribution in [3.8, 4) is 0 Å². The average molecular weight is 239 g/mol. The predicted molar refractivity (Wildman–Crippen MR) is 73.4 cm³/mol. The number of hydrogen-bond acceptors (Lipinski definition) is 3. The summed E-state index contributed by atoms with van der Waals surface area (Å²) >= 11 is 0. The van der Waals surface area contributed by atoms with Gasteiger partial charge in [-0.05, 0) is 59.3 Å². The molecule has 2 rings (SSSR count). The predicted octanol–water partition coefficient (Wildman–Crippen LogP) is 1.54. The molecular weight excluding hydrogens is 210 g/mol. The van der Waals surface area contributed by atoms with E-state index in [1.807, 2.05) is 0 Å². The molecule has 1 saturated heterocycles. The zero-order valence-electron chi connectivity index (χ0n) is 11.8. The van der Waals surface area contributed by atoms with Crippen LogP contribution in [0.2, 0.25) is 0 Å². The van der Waals surface area contributed by atoms with Crippen LogP contribution in [0.25, 0.3) is 0 Å². The summed E-state index contributed by atoms with van der Waals surface area (Å²) in [5, 5.41) is 3.45. The molecule has 2 aliphatic rings. The lowest BCUT2D eigenvalue weighted by Gasteiger charge is -2.35. The quantitative estimate of drug-likeness (QED) is 0.806. The van der Waals surface area contributed by atoms with Crippen LogP contribution < -0.4 is 5.32 Å². The van der Waals surface area contributed by atoms with Gasteiger partial charge in [-0.15, -0.1) is 0 Å². The van der Waals surface area contributed by atoms with Gasteiger partial charge in [0.15, 0.2) is 0 Å². The SMILES string of the molecule is CCC1CN(C)CCCN1C1CCC(NC)C1. The number of likely N-dealkylation sites (N-methyl/N-ethyl adjacent to an activating group) is 1. The fourth-order valence-corrected chi connectivity index (χ4v) is 3.63. The first kappa shape index (κ1) is 13.3. The highest BCUT2D eigenvalue weighted by atomic mass is 15.3. The van der Waals surface area contributed by atoms with Gasteiger partial charge in [-0.25, -0.2) is 0 Å². The molecule has 1 aliphatic carbocycles. The van der Waals surface area contributed by atoms with Crippen molar-refractivity contribution in [2.24, 2.45) is 0 Å². The lowest BCUT2D eigenvalue weighted by molar-refractivity contribution is 0.128. The molecule has 0 aromatic heterocycles. The monoisotopic (exact) mass is 239 g/mol. The van der Waals surface area contributed by atoms with E-state index in [1.54, 1.807) is 0 Å². The Morgan fingerprint density at radius 2 is 2.06 bits per heavy atom. The van der Waals surface area contributed by atoms with Gasteiger partial charge in [-0.2, -0.15) is 0 Å². The fourth-order valence-electron chi connectivity index (χ4n) is 3.63. The van der Waals surface area contributed by atoms with Crippen molar-refractivity contribution in [1.29, 1.82) is 0 Å². The van der Waals surface area contributed by atoms with Crippen molar-refractivity contribution >= 4 is 0 Å². The molecule has 3 heteroatoms. The number of nitrogens with zero attached hydrogens (tertiary/aromatic N) is 2. The molecule has 100 valence electrons. The lowest BCUT2D eigenvalue weighted by Crippen LogP contribution is -2.45. The minimum atomic E-state index is 0.762. The van der Waals surface area contributed by atoms with Crippen LogP contribution in [0.5, 0.6) is 0 Å². The van der Waals surface area contributed by atoms with E-state index in [9.17, 15) is 0 Å². The molecule has 0 aromatic rings. The number of nitrogens with one attached hydrogen (secondary N) is 1. The van der Waals surface area contributed by atoms with Crippen LogP contribution >= 0.6 is 0 Å². The molecule has 1 N–H and O–H groups in total. The first-order valence-corrected chi connectivity index (χ1v) is 7.36. The van der Waals surface area contributed by atoms with Gasteiger partial charge < -0.3 is 10.2 Å². The summed E-state index contributed by atoms with van der Waals surface area (Å²) in [5.41, 5.74) is 0. The summed E-state index contributed by atoms with van der Waals surface area (Å²) in [6.45, 7) is 6.19. The van der Waals surface area contributed by atoms with Crippen LogP contribution in [0.1, 0.15) is 39.0 Å². The molecule has 0 radical (unpaired) electrons. The molecule has 0 amide bonds. The van der Waals surface area contributed by atoms with Crippen molar-refractivity contribution in [2.45, 2.75) is 57.2 Å². The maximum atomic E-state index is 3.45. The van der Waals surface area contributed by atoms with Crippen molar-refractivity contribution in [2.75, 3.05) is 33.7 Å². The van der Waals surface area contributed by atoms with Gasteiger partial charge in [-0.1, -0.05) is 6.92 Å². The van der Waals surface area contributed by atoms with Gasteiger partial charge in [-0.3, -0.25) is 4.90 Å². The summed E-state index contributed by atoms with van der Waals surface area (Å²) < 4.78 is 0. The van der Waals surface area contributed by atoms with E-state index in [-0.39, 0.29) is 0 Å². The Hall–Kier alpha value is -0.120. The normalized spacial score (nSPS) is 37.2. The van der Waals surface area contributed by atoms with Gasteiger partial charge >= 0.3 is 0 Å². The van der Waals surface area contributed by atoms with E-state index < -0.39 is 0 Å². The molecule has 1 heterocycles. The Bertz CT molecular complexity index is 232. The first-order chi connectivity index (χ1) is 8.24. The Balaban J connectivity index is 1.97. The zero-order valence-corrected chi connectivity index (χ0v) is 11.8. The lowest BCUT2D eigenvalue weighted by atomic mass is 10.1. The molecule has 3 unspecified atom stereocenters. The van der Waals surface area contributed by atoms with Crippen LogP contribution in [0.4, 0.5) is 0 Å². The third-order valence-corrected chi connectivity index (χ3v) is 4.70. The molecule has 17 heavy (non-hydrogen) atoms. The van der Waals surface area contributed by atoms with E-state index in [4.69, 9.17) is 0 Å².